The molecule has 2 aromatic carbocycles. The van der Waals surface area contributed by atoms with Crippen molar-refractivity contribution < 1.29 is 32.2 Å². The van der Waals surface area contributed by atoms with Gasteiger partial charge in [0.05, 0.1) is 23.4 Å². The number of halogens is 4. The molecule has 184 valence electrons. The normalized spacial score (nSPS) is 10.9. The Morgan fingerprint density at radius 2 is 1.74 bits per heavy atom. The number of nitrogens with one attached hydrogen (secondary N) is 3. The number of benzene rings is 2. The SMILES string of the molecule is CCNC(=O)c1cc(Oc2ccc(NC(=O)Nc3cc(C(F)(F)F)c(Cl)cc3OC)cc2)ccn1. The molecule has 0 saturated carbocycles. The van der Waals surface area contributed by atoms with E-state index in [4.69, 9.17) is 21.1 Å². The molecule has 0 aliphatic rings. The number of anilines is 2. The number of carbonyl (C=O) groups excluding carboxylic acids is 2. The zero-order chi connectivity index (χ0) is 25.6. The Morgan fingerprint density at radius 1 is 1.03 bits per heavy atom. The van der Waals surface area contributed by atoms with Gasteiger partial charge in [0.2, 0.25) is 0 Å². The quantitative estimate of drug-likeness (QED) is 0.366. The van der Waals surface area contributed by atoms with E-state index in [0.29, 0.717) is 29.8 Å². The van der Waals surface area contributed by atoms with Crippen LogP contribution in [0.15, 0.2) is 54.7 Å². The molecule has 3 N–H and O–H groups in total. The highest BCUT2D eigenvalue weighted by molar-refractivity contribution is 6.31. The number of hydrogen-bond acceptors (Lipinski definition) is 5. The van der Waals surface area contributed by atoms with Crippen LogP contribution in [0.5, 0.6) is 17.2 Å². The first-order valence-electron chi connectivity index (χ1n) is 10.2. The number of rotatable bonds is 7. The molecule has 0 bridgehead atoms. The van der Waals surface area contributed by atoms with Gasteiger partial charge in [-0.3, -0.25) is 9.78 Å². The molecular weight excluding hydrogens is 489 g/mol. The first kappa shape index (κ1) is 25.6. The molecule has 3 aromatic rings. The summed E-state index contributed by atoms with van der Waals surface area (Å²) in [7, 11) is 1.24. The van der Waals surface area contributed by atoms with Crippen LogP contribution in [-0.2, 0) is 6.18 Å². The maximum absolute atomic E-state index is 13.2. The number of amides is 3. The van der Waals surface area contributed by atoms with Gasteiger partial charge < -0.3 is 25.4 Å². The number of hydrogen-bond donors (Lipinski definition) is 3. The van der Waals surface area contributed by atoms with E-state index in [2.05, 4.69) is 20.9 Å². The molecule has 0 fully saturated rings. The molecule has 0 aliphatic heterocycles. The molecule has 1 heterocycles. The Bertz CT molecular complexity index is 1220. The summed E-state index contributed by atoms with van der Waals surface area (Å²) in [6.07, 6.45) is -3.27. The number of nitrogens with zero attached hydrogens (tertiary/aromatic N) is 1. The molecule has 35 heavy (non-hydrogen) atoms. The molecule has 0 unspecified atom stereocenters. The number of methoxy groups -OCH3 is 1. The van der Waals surface area contributed by atoms with Crippen molar-refractivity contribution in [3.05, 3.63) is 71.0 Å². The summed E-state index contributed by atoms with van der Waals surface area (Å²) >= 11 is 5.68. The number of ether oxygens (including phenoxy) is 2. The van der Waals surface area contributed by atoms with Crippen LogP contribution in [0.3, 0.4) is 0 Å². The Labute approximate surface area is 203 Å². The Balaban J connectivity index is 1.67. The monoisotopic (exact) mass is 508 g/mol. The van der Waals surface area contributed by atoms with E-state index < -0.39 is 22.8 Å². The van der Waals surface area contributed by atoms with E-state index in [1.165, 1.54) is 31.5 Å². The van der Waals surface area contributed by atoms with Gasteiger partial charge in [-0.05, 0) is 43.3 Å². The van der Waals surface area contributed by atoms with Gasteiger partial charge in [0, 0.05) is 30.6 Å². The zero-order valence-corrected chi connectivity index (χ0v) is 19.3. The molecule has 0 atom stereocenters. The van der Waals surface area contributed by atoms with Gasteiger partial charge in [0.25, 0.3) is 5.91 Å². The average molecular weight is 509 g/mol. The summed E-state index contributed by atoms with van der Waals surface area (Å²) in [5.41, 5.74) is -0.771. The largest absolute Gasteiger partial charge is 0.495 e. The molecule has 0 radical (unpaired) electrons. The molecular formula is C23H20ClF3N4O4. The average Bonchev–Trinajstić information content (AvgIpc) is 2.81. The van der Waals surface area contributed by atoms with Crippen LogP contribution < -0.4 is 25.4 Å². The fourth-order valence-corrected chi connectivity index (χ4v) is 3.18. The van der Waals surface area contributed by atoms with Crippen LogP contribution in [0, 0.1) is 0 Å². The summed E-state index contributed by atoms with van der Waals surface area (Å²) in [6, 6.07) is 10.1. The summed E-state index contributed by atoms with van der Waals surface area (Å²) in [5.74, 6) is 0.433. The molecule has 0 aliphatic carbocycles. The predicted octanol–water partition coefficient (Wildman–Crippen LogP) is 5.95. The Hall–Kier alpha value is -3.99. The molecule has 12 heteroatoms. The summed E-state index contributed by atoms with van der Waals surface area (Å²) in [6.45, 7) is 2.25. The van der Waals surface area contributed by atoms with Crippen molar-refractivity contribution in [3.8, 4) is 17.2 Å². The van der Waals surface area contributed by atoms with E-state index >= 15 is 0 Å². The molecule has 3 amide bonds. The van der Waals surface area contributed by atoms with Crippen LogP contribution in [0.4, 0.5) is 29.3 Å². The van der Waals surface area contributed by atoms with Crippen molar-refractivity contribution in [2.45, 2.75) is 13.1 Å². The minimum Gasteiger partial charge on any atom is -0.495 e. The van der Waals surface area contributed by atoms with E-state index in [9.17, 15) is 22.8 Å². The van der Waals surface area contributed by atoms with Crippen LogP contribution in [-0.4, -0.2) is 30.6 Å². The Morgan fingerprint density at radius 3 is 2.37 bits per heavy atom. The van der Waals surface area contributed by atoms with Crippen molar-refractivity contribution in [1.29, 1.82) is 0 Å². The van der Waals surface area contributed by atoms with Gasteiger partial charge in [-0.15, -0.1) is 0 Å². The molecule has 0 spiro atoms. The van der Waals surface area contributed by atoms with Crippen LogP contribution in [0.2, 0.25) is 5.02 Å². The van der Waals surface area contributed by atoms with Gasteiger partial charge in [-0.25, -0.2) is 4.79 Å². The third-order valence-electron chi connectivity index (χ3n) is 4.49. The van der Waals surface area contributed by atoms with Crippen molar-refractivity contribution in [2.24, 2.45) is 0 Å². The van der Waals surface area contributed by atoms with Gasteiger partial charge in [-0.1, -0.05) is 11.6 Å². The fourth-order valence-electron chi connectivity index (χ4n) is 2.92. The predicted molar refractivity (Wildman–Crippen MR) is 124 cm³/mol. The zero-order valence-electron chi connectivity index (χ0n) is 18.5. The first-order chi connectivity index (χ1) is 16.6. The van der Waals surface area contributed by atoms with Crippen molar-refractivity contribution >= 4 is 34.9 Å². The summed E-state index contributed by atoms with van der Waals surface area (Å²) in [4.78, 5) is 28.3. The summed E-state index contributed by atoms with van der Waals surface area (Å²) < 4.78 is 50.2. The maximum Gasteiger partial charge on any atom is 0.417 e. The second-order valence-corrected chi connectivity index (χ2v) is 7.38. The second-order valence-electron chi connectivity index (χ2n) is 6.97. The molecule has 3 rings (SSSR count). The number of aromatic nitrogens is 1. The Kier molecular flexibility index (Phi) is 8.02. The van der Waals surface area contributed by atoms with Crippen molar-refractivity contribution in [2.75, 3.05) is 24.3 Å². The van der Waals surface area contributed by atoms with Gasteiger partial charge in [0.15, 0.2) is 0 Å². The highest BCUT2D eigenvalue weighted by Gasteiger charge is 2.34. The van der Waals surface area contributed by atoms with E-state index in [1.807, 2.05) is 0 Å². The van der Waals surface area contributed by atoms with E-state index in [1.54, 1.807) is 25.1 Å². The third kappa shape index (κ3) is 6.76. The third-order valence-corrected chi connectivity index (χ3v) is 4.80. The number of alkyl halides is 3. The number of carbonyl (C=O) groups is 2. The van der Waals surface area contributed by atoms with Crippen molar-refractivity contribution in [1.82, 2.24) is 10.3 Å². The van der Waals surface area contributed by atoms with Crippen molar-refractivity contribution in [3.63, 3.8) is 0 Å². The summed E-state index contributed by atoms with van der Waals surface area (Å²) in [5, 5.41) is 6.92. The minimum atomic E-state index is -4.71. The number of pyridine rings is 1. The molecule has 1 aromatic heterocycles. The molecule has 0 saturated heterocycles. The van der Waals surface area contributed by atoms with E-state index in [-0.39, 0.29) is 23.0 Å². The van der Waals surface area contributed by atoms with Crippen LogP contribution in [0.1, 0.15) is 23.0 Å². The van der Waals surface area contributed by atoms with Gasteiger partial charge >= 0.3 is 12.2 Å². The topological polar surface area (TPSA) is 102 Å². The highest BCUT2D eigenvalue weighted by Crippen LogP contribution is 2.40. The standard InChI is InChI=1S/C23H20ClF3N4O4/c1-3-28-21(32)19-10-15(8-9-29-19)35-14-6-4-13(5-7-14)30-22(33)31-18-11-16(23(25,26)27)17(24)12-20(18)34-2/h4-12H,3H2,1-2H3,(H,28,32)(H2,30,31,33). The van der Waals surface area contributed by atoms with Gasteiger partial charge in [-0.2, -0.15) is 13.2 Å². The lowest BCUT2D eigenvalue weighted by molar-refractivity contribution is -0.137. The lowest BCUT2D eigenvalue weighted by Gasteiger charge is -2.16. The van der Waals surface area contributed by atoms with E-state index in [0.717, 1.165) is 6.07 Å². The fraction of sp³-hybridized carbons (Fsp3) is 0.174. The van der Waals surface area contributed by atoms with Crippen LogP contribution >= 0.6 is 11.6 Å². The van der Waals surface area contributed by atoms with Gasteiger partial charge in [0.1, 0.15) is 22.9 Å². The second kappa shape index (κ2) is 11.0. The van der Waals surface area contributed by atoms with Crippen LogP contribution in [0.25, 0.3) is 0 Å². The molecule has 8 nitrogen and oxygen atoms in total. The minimum absolute atomic E-state index is 0.0359. The maximum atomic E-state index is 13.2. The smallest absolute Gasteiger partial charge is 0.417 e. The highest BCUT2D eigenvalue weighted by atomic mass is 35.5. The first-order valence-corrected chi connectivity index (χ1v) is 10.5. The lowest BCUT2D eigenvalue weighted by Crippen LogP contribution is -2.23. The number of urea groups is 1. The lowest BCUT2D eigenvalue weighted by atomic mass is 10.1.